The van der Waals surface area contributed by atoms with Crippen LogP contribution >= 0.6 is 0 Å². The normalized spacial score (nSPS) is 27.6. The number of fused-ring (bicyclic) bond motifs is 3. The Hall–Kier alpha value is -1.93. The summed E-state index contributed by atoms with van der Waals surface area (Å²) < 4.78 is 14.4. The van der Waals surface area contributed by atoms with Gasteiger partial charge in [0.05, 0.1) is 6.04 Å². The Morgan fingerprint density at radius 3 is 2.83 bits per heavy atom. The Morgan fingerprint density at radius 1 is 1.29 bits per heavy atom. The van der Waals surface area contributed by atoms with E-state index in [0.29, 0.717) is 34.8 Å². The molecular formula is C16H18N4O3S. The van der Waals surface area contributed by atoms with Crippen molar-refractivity contribution in [2.24, 2.45) is 0 Å². The first-order valence-electron chi connectivity index (χ1n) is 7.78. The molecule has 5 rings (SSSR count). The average Bonchev–Trinajstić information content (AvgIpc) is 2.99. The third-order valence-electron chi connectivity index (χ3n) is 5.08. The van der Waals surface area contributed by atoms with Crippen molar-refractivity contribution in [3.8, 4) is 0 Å². The van der Waals surface area contributed by atoms with Crippen molar-refractivity contribution in [1.82, 2.24) is 14.5 Å². The first kappa shape index (κ1) is 15.6. The Balaban J connectivity index is 0.00000146. The first-order chi connectivity index (χ1) is 11.1. The molecule has 0 spiro atoms. The average molecular weight is 346 g/mol. The van der Waals surface area contributed by atoms with Crippen LogP contribution in [0.15, 0.2) is 22.2 Å². The fourth-order valence-corrected chi connectivity index (χ4v) is 5.37. The second kappa shape index (κ2) is 5.29. The highest BCUT2D eigenvalue weighted by Crippen LogP contribution is 2.40. The maximum absolute atomic E-state index is 13.0. The minimum absolute atomic E-state index is 0. The van der Waals surface area contributed by atoms with E-state index in [0.717, 1.165) is 19.3 Å². The molecule has 3 aliphatic rings. The molecular weight excluding hydrogens is 328 g/mol. The van der Waals surface area contributed by atoms with Crippen molar-refractivity contribution >= 4 is 33.8 Å². The standard InChI is InChI=1S/C15H14N4O3S.CH4/c20-12-4-5-18(12)10-6-8-7-16-15-17-13(8)19(14(10)21)9-2-1-3-11(9)23(15)22;/h6-7,9,11H,1-5H2;1H4. The molecule has 3 unspecified atom stereocenters. The molecule has 24 heavy (non-hydrogen) atoms. The fraction of sp³-hybridized carbons (Fsp3) is 0.500. The summed E-state index contributed by atoms with van der Waals surface area (Å²) in [5, 5.41) is 0.901. The van der Waals surface area contributed by atoms with Crippen LogP contribution in [0.25, 0.3) is 11.0 Å². The van der Waals surface area contributed by atoms with E-state index < -0.39 is 11.2 Å². The SMILES string of the molecule is C.O=C1CCN1c1cc2cnc3nc2n(c1=O)C1CCCC1[S+]3[O-]. The largest absolute Gasteiger partial charge is 0.609 e. The van der Waals surface area contributed by atoms with Crippen LogP contribution in [-0.2, 0) is 16.0 Å². The van der Waals surface area contributed by atoms with Crippen LogP contribution in [0.5, 0.6) is 0 Å². The number of hydrogen-bond acceptors (Lipinski definition) is 5. The van der Waals surface area contributed by atoms with E-state index in [-0.39, 0.29) is 30.2 Å². The number of amides is 1. The van der Waals surface area contributed by atoms with Gasteiger partial charge in [-0.05, 0) is 25.3 Å². The number of β-lactam (4-membered cyclic amide) rings is 1. The van der Waals surface area contributed by atoms with Crippen LogP contribution in [0.2, 0.25) is 0 Å². The van der Waals surface area contributed by atoms with Crippen LogP contribution in [0.1, 0.15) is 39.2 Å². The molecule has 7 nitrogen and oxygen atoms in total. The first-order valence-corrected chi connectivity index (χ1v) is 9.00. The lowest BCUT2D eigenvalue weighted by atomic mass is 10.1. The van der Waals surface area contributed by atoms with Crippen LogP contribution in [0.4, 0.5) is 5.69 Å². The van der Waals surface area contributed by atoms with E-state index in [4.69, 9.17) is 0 Å². The third kappa shape index (κ3) is 1.89. The molecule has 1 saturated carbocycles. The second-order valence-electron chi connectivity index (χ2n) is 6.27. The van der Waals surface area contributed by atoms with Gasteiger partial charge in [-0.3, -0.25) is 14.2 Å². The Morgan fingerprint density at radius 2 is 2.12 bits per heavy atom. The molecule has 2 aromatic heterocycles. The molecule has 1 amide bonds. The lowest BCUT2D eigenvalue weighted by Crippen LogP contribution is -2.47. The van der Waals surface area contributed by atoms with Gasteiger partial charge in [-0.1, -0.05) is 7.43 Å². The number of carbonyl (C=O) groups is 1. The molecule has 0 N–H and O–H groups in total. The molecule has 2 aromatic rings. The molecule has 3 atom stereocenters. The highest BCUT2D eigenvalue weighted by Gasteiger charge is 2.44. The van der Waals surface area contributed by atoms with Crippen molar-refractivity contribution < 1.29 is 9.35 Å². The highest BCUT2D eigenvalue weighted by atomic mass is 32.2. The molecule has 2 aliphatic heterocycles. The van der Waals surface area contributed by atoms with Crippen LogP contribution in [0.3, 0.4) is 0 Å². The summed E-state index contributed by atoms with van der Waals surface area (Å²) in [6, 6.07) is 1.56. The molecule has 2 fully saturated rings. The lowest BCUT2D eigenvalue weighted by Gasteiger charge is -2.31. The minimum atomic E-state index is -1.29. The third-order valence-corrected chi connectivity index (χ3v) is 6.73. The van der Waals surface area contributed by atoms with Crippen LogP contribution in [0, 0.1) is 0 Å². The lowest BCUT2D eigenvalue weighted by molar-refractivity contribution is -0.122. The van der Waals surface area contributed by atoms with Gasteiger partial charge in [0.15, 0.2) is 5.65 Å². The van der Waals surface area contributed by atoms with Gasteiger partial charge in [-0.15, -0.1) is 0 Å². The molecule has 2 bridgehead atoms. The number of pyridine rings is 1. The number of carbonyl (C=O) groups excluding carboxylic acids is 1. The second-order valence-corrected chi connectivity index (χ2v) is 7.83. The van der Waals surface area contributed by atoms with Crippen molar-refractivity contribution in [2.75, 3.05) is 11.4 Å². The summed E-state index contributed by atoms with van der Waals surface area (Å²) in [6.45, 7) is 0.568. The summed E-state index contributed by atoms with van der Waals surface area (Å²) in [7, 11) is 0. The van der Waals surface area contributed by atoms with E-state index in [1.165, 1.54) is 4.90 Å². The van der Waals surface area contributed by atoms with Gasteiger partial charge in [0.1, 0.15) is 10.9 Å². The van der Waals surface area contributed by atoms with Gasteiger partial charge in [0, 0.05) is 35.7 Å². The Kier molecular flexibility index (Phi) is 3.43. The molecule has 8 heteroatoms. The molecule has 0 aromatic carbocycles. The van der Waals surface area contributed by atoms with Crippen molar-refractivity contribution in [3.63, 3.8) is 0 Å². The van der Waals surface area contributed by atoms with Gasteiger partial charge in [0.25, 0.3) is 5.56 Å². The zero-order valence-electron chi connectivity index (χ0n) is 12.3. The number of anilines is 1. The quantitative estimate of drug-likeness (QED) is 0.442. The number of rotatable bonds is 1. The van der Waals surface area contributed by atoms with Crippen LogP contribution < -0.4 is 10.5 Å². The summed E-state index contributed by atoms with van der Waals surface area (Å²) in [6.07, 6.45) is 4.64. The van der Waals surface area contributed by atoms with E-state index in [1.807, 2.05) is 0 Å². The Bertz CT molecular complexity index is 912. The summed E-state index contributed by atoms with van der Waals surface area (Å²) >= 11 is -1.29. The minimum Gasteiger partial charge on any atom is -0.609 e. The predicted molar refractivity (Wildman–Crippen MR) is 90.6 cm³/mol. The van der Waals surface area contributed by atoms with E-state index in [2.05, 4.69) is 9.97 Å². The fourth-order valence-electron chi connectivity index (χ4n) is 3.84. The molecule has 1 aliphatic carbocycles. The van der Waals surface area contributed by atoms with E-state index >= 15 is 0 Å². The monoisotopic (exact) mass is 346 g/mol. The smallest absolute Gasteiger partial charge is 0.345 e. The van der Waals surface area contributed by atoms with Crippen molar-refractivity contribution in [2.45, 2.75) is 49.6 Å². The maximum atomic E-state index is 13.0. The van der Waals surface area contributed by atoms with Gasteiger partial charge < -0.3 is 9.45 Å². The number of aromatic nitrogens is 3. The van der Waals surface area contributed by atoms with E-state index in [1.54, 1.807) is 16.8 Å². The number of nitrogens with zero attached hydrogens (tertiary/aromatic N) is 4. The molecule has 126 valence electrons. The summed E-state index contributed by atoms with van der Waals surface area (Å²) in [4.78, 5) is 35.0. The van der Waals surface area contributed by atoms with Crippen LogP contribution in [-0.4, -0.2) is 36.8 Å². The number of hydrogen-bond donors (Lipinski definition) is 0. The molecule has 4 heterocycles. The summed E-state index contributed by atoms with van der Waals surface area (Å²) in [5.41, 5.74) is 0.730. The maximum Gasteiger partial charge on any atom is 0.345 e. The summed E-state index contributed by atoms with van der Waals surface area (Å²) in [5.74, 6) is -0.0352. The van der Waals surface area contributed by atoms with E-state index in [9.17, 15) is 14.1 Å². The van der Waals surface area contributed by atoms with Gasteiger partial charge >= 0.3 is 5.16 Å². The van der Waals surface area contributed by atoms with Crippen molar-refractivity contribution in [1.29, 1.82) is 0 Å². The van der Waals surface area contributed by atoms with Gasteiger partial charge in [-0.2, -0.15) is 9.97 Å². The van der Waals surface area contributed by atoms with Gasteiger partial charge in [0.2, 0.25) is 5.91 Å². The van der Waals surface area contributed by atoms with Crippen molar-refractivity contribution in [3.05, 3.63) is 22.6 Å². The highest BCUT2D eigenvalue weighted by molar-refractivity contribution is 7.91. The zero-order valence-corrected chi connectivity index (χ0v) is 13.1. The molecule has 1 saturated heterocycles. The Labute approximate surface area is 141 Å². The zero-order chi connectivity index (χ0) is 15.7. The van der Waals surface area contributed by atoms with Gasteiger partial charge in [-0.25, -0.2) is 0 Å². The topological polar surface area (TPSA) is 91.2 Å². The predicted octanol–water partition coefficient (Wildman–Crippen LogP) is 1.38. The molecule has 0 radical (unpaired) electrons.